The lowest BCUT2D eigenvalue weighted by Crippen LogP contribution is -2.47. The molecule has 6 heteroatoms. The predicted molar refractivity (Wildman–Crippen MR) is 141 cm³/mol. The van der Waals surface area contributed by atoms with Gasteiger partial charge in [0.05, 0.1) is 26.2 Å². The first-order valence-corrected chi connectivity index (χ1v) is 15.5. The van der Waals surface area contributed by atoms with Gasteiger partial charge in [0.25, 0.3) is 0 Å². The van der Waals surface area contributed by atoms with Crippen LogP contribution in [0.1, 0.15) is 144 Å². The molecule has 0 aromatic carbocycles. The largest absolute Gasteiger partial charge is 0.745 e. The number of unbranched alkanes of at least 4 members (excludes halogenated alkanes) is 12. The molecule has 0 saturated heterocycles. The minimum Gasteiger partial charge on any atom is -0.745 e. The van der Waals surface area contributed by atoms with Crippen molar-refractivity contribution in [1.82, 2.24) is 0 Å². The van der Waals surface area contributed by atoms with Gasteiger partial charge >= 0.3 is 0 Å². The quantitative estimate of drug-likeness (QED) is 0.0913. The summed E-state index contributed by atoms with van der Waals surface area (Å²) in [5.74, 6) is 0. The molecule has 0 fully saturated rings. The second kappa shape index (κ2) is 21.1. The number of hydrogen-bond acceptors (Lipinski definition) is 3. The zero-order valence-corrected chi connectivity index (χ0v) is 23.9. The van der Waals surface area contributed by atoms with Gasteiger partial charge in [-0.25, -0.2) is 12.8 Å². The van der Waals surface area contributed by atoms with Gasteiger partial charge in [0.15, 0.2) is 5.00 Å². The molecule has 0 bridgehead atoms. The summed E-state index contributed by atoms with van der Waals surface area (Å²) in [7, 11) is -4.88. The fraction of sp³-hybridized carbons (Fsp3) is 1.00. The minimum absolute atomic E-state index is 0.136. The maximum Gasteiger partial charge on any atom is 0.199 e. The van der Waals surface area contributed by atoms with Crippen LogP contribution in [0.4, 0.5) is 4.39 Å². The molecule has 0 amide bonds. The molecule has 0 N–H and O–H groups in total. The topological polar surface area (TPSA) is 57.2 Å². The maximum absolute atomic E-state index is 14.6. The Morgan fingerprint density at radius 3 is 1.06 bits per heavy atom. The number of hydrogen-bond donors (Lipinski definition) is 0. The van der Waals surface area contributed by atoms with E-state index in [2.05, 4.69) is 41.5 Å². The van der Waals surface area contributed by atoms with Gasteiger partial charge in [0.2, 0.25) is 0 Å². The standard InChI is InChI=1S/C19H39FO3S.C8H20N/c1-3-5-7-9-10-11-12-14-16-18-19(20,24(21,22)23)17-15-13-8-6-4-2;1-5-9(6-2,7-3)8-4/h3-18H2,1-2H3,(H,21,22,23);5-8H2,1-4H3/q;+1/p-1. The van der Waals surface area contributed by atoms with E-state index >= 15 is 0 Å². The first kappa shape index (κ1) is 35.0. The minimum atomic E-state index is -4.88. The Balaban J connectivity index is 0. The van der Waals surface area contributed by atoms with Gasteiger partial charge in [-0.1, -0.05) is 90.9 Å². The average Bonchev–Trinajstić information content (AvgIpc) is 2.79. The Morgan fingerprint density at radius 2 is 0.848 bits per heavy atom. The SMILES string of the molecule is CCCCCCCCCCCC(F)(CCCCCCC)S(=O)(=O)[O-].CC[N+](CC)(CC)CC. The highest BCUT2D eigenvalue weighted by atomic mass is 32.2. The molecule has 1 atom stereocenters. The van der Waals surface area contributed by atoms with Crippen LogP contribution in [-0.4, -0.2) is 48.6 Å². The maximum atomic E-state index is 14.6. The van der Waals surface area contributed by atoms with Crippen molar-refractivity contribution in [1.29, 1.82) is 0 Å². The normalized spacial score (nSPS) is 13.9. The van der Waals surface area contributed by atoms with Gasteiger partial charge in [-0.3, -0.25) is 0 Å². The van der Waals surface area contributed by atoms with Crippen LogP contribution in [0, 0.1) is 0 Å². The van der Waals surface area contributed by atoms with E-state index in [0.717, 1.165) is 44.9 Å². The zero-order chi connectivity index (χ0) is 25.6. The summed E-state index contributed by atoms with van der Waals surface area (Å²) < 4.78 is 49.8. The van der Waals surface area contributed by atoms with Crippen molar-refractivity contribution >= 4 is 10.1 Å². The summed E-state index contributed by atoms with van der Waals surface area (Å²) in [6, 6.07) is 0. The van der Waals surface area contributed by atoms with Crippen LogP contribution in [0.5, 0.6) is 0 Å². The van der Waals surface area contributed by atoms with Gasteiger partial charge in [0.1, 0.15) is 10.1 Å². The molecule has 0 aliphatic heterocycles. The molecule has 0 aliphatic rings. The molecule has 0 aromatic heterocycles. The molecule has 202 valence electrons. The Morgan fingerprint density at radius 1 is 0.576 bits per heavy atom. The molecular weight excluding hydrogens is 437 g/mol. The van der Waals surface area contributed by atoms with Crippen LogP contribution in [0.3, 0.4) is 0 Å². The van der Waals surface area contributed by atoms with E-state index in [0.29, 0.717) is 12.8 Å². The Bertz CT molecular complexity index is 506. The lowest BCUT2D eigenvalue weighted by Gasteiger charge is -2.34. The molecule has 0 rings (SSSR count). The van der Waals surface area contributed by atoms with Crippen LogP contribution >= 0.6 is 0 Å². The summed E-state index contributed by atoms with van der Waals surface area (Å²) in [4.78, 5) is 0. The predicted octanol–water partition coefficient (Wildman–Crippen LogP) is 8.36. The molecular formula is C27H58FNO3S. The molecule has 0 saturated carbocycles. The van der Waals surface area contributed by atoms with Gasteiger partial charge in [0, 0.05) is 0 Å². The van der Waals surface area contributed by atoms with Crippen LogP contribution in [0.15, 0.2) is 0 Å². The number of quaternary nitrogens is 1. The fourth-order valence-electron chi connectivity index (χ4n) is 4.41. The monoisotopic (exact) mass is 495 g/mol. The number of alkyl halides is 1. The van der Waals surface area contributed by atoms with Crippen LogP contribution < -0.4 is 0 Å². The number of halogens is 1. The molecule has 4 nitrogen and oxygen atoms in total. The van der Waals surface area contributed by atoms with Crippen molar-refractivity contribution in [3.63, 3.8) is 0 Å². The van der Waals surface area contributed by atoms with Gasteiger partial charge < -0.3 is 9.04 Å². The van der Waals surface area contributed by atoms with Crippen molar-refractivity contribution in [2.24, 2.45) is 0 Å². The van der Waals surface area contributed by atoms with E-state index in [-0.39, 0.29) is 12.8 Å². The third-order valence-electron chi connectivity index (χ3n) is 7.44. The summed E-state index contributed by atoms with van der Waals surface area (Å²) in [6.45, 7) is 18.5. The second-order valence-electron chi connectivity index (χ2n) is 9.69. The first-order chi connectivity index (χ1) is 15.6. The second-order valence-corrected chi connectivity index (χ2v) is 11.3. The van der Waals surface area contributed by atoms with E-state index in [9.17, 15) is 17.4 Å². The third kappa shape index (κ3) is 17.0. The lowest BCUT2D eigenvalue weighted by molar-refractivity contribution is -0.921. The first-order valence-electron chi connectivity index (χ1n) is 14.1. The third-order valence-corrected chi connectivity index (χ3v) is 8.74. The van der Waals surface area contributed by atoms with Gasteiger partial charge in [-0.15, -0.1) is 0 Å². The average molecular weight is 496 g/mol. The summed E-state index contributed by atoms with van der Waals surface area (Å²) >= 11 is 0. The van der Waals surface area contributed by atoms with Crippen molar-refractivity contribution < 1.29 is 21.8 Å². The van der Waals surface area contributed by atoms with E-state index in [1.807, 2.05) is 0 Å². The van der Waals surface area contributed by atoms with Crippen molar-refractivity contribution in [2.45, 2.75) is 149 Å². The Hall–Kier alpha value is -0.200. The van der Waals surface area contributed by atoms with Crippen LogP contribution in [-0.2, 0) is 10.1 Å². The smallest absolute Gasteiger partial charge is 0.199 e. The summed E-state index contributed by atoms with van der Waals surface area (Å²) in [6.07, 6.45) is 13.8. The van der Waals surface area contributed by atoms with Crippen molar-refractivity contribution in [3.05, 3.63) is 0 Å². The number of rotatable bonds is 21. The van der Waals surface area contributed by atoms with Crippen molar-refractivity contribution in [2.75, 3.05) is 26.2 Å². The summed E-state index contributed by atoms with van der Waals surface area (Å²) in [5, 5.41) is -2.56. The highest BCUT2D eigenvalue weighted by Gasteiger charge is 2.36. The Labute approximate surface area is 207 Å². The highest BCUT2D eigenvalue weighted by Crippen LogP contribution is 2.32. The Kier molecular flexibility index (Phi) is 22.4. The zero-order valence-electron chi connectivity index (χ0n) is 23.1. The molecule has 0 radical (unpaired) electrons. The van der Waals surface area contributed by atoms with Crippen LogP contribution in [0.2, 0.25) is 0 Å². The molecule has 0 heterocycles. The highest BCUT2D eigenvalue weighted by molar-refractivity contribution is 7.87. The molecule has 0 aromatic rings. The van der Waals surface area contributed by atoms with E-state index in [4.69, 9.17) is 0 Å². The summed E-state index contributed by atoms with van der Waals surface area (Å²) in [5.41, 5.74) is 0. The van der Waals surface area contributed by atoms with Crippen molar-refractivity contribution in [3.8, 4) is 0 Å². The van der Waals surface area contributed by atoms with E-state index in [1.54, 1.807) is 0 Å². The molecule has 0 aliphatic carbocycles. The number of nitrogens with zero attached hydrogens (tertiary/aromatic N) is 1. The molecule has 1 unspecified atom stereocenters. The lowest BCUT2D eigenvalue weighted by atomic mass is 10.0. The molecule has 0 spiro atoms. The van der Waals surface area contributed by atoms with Gasteiger partial charge in [-0.2, -0.15) is 0 Å². The van der Waals surface area contributed by atoms with Gasteiger partial charge in [-0.05, 0) is 53.4 Å². The van der Waals surface area contributed by atoms with Crippen LogP contribution in [0.25, 0.3) is 0 Å². The fourth-order valence-corrected chi connectivity index (χ4v) is 5.20. The van der Waals surface area contributed by atoms with E-state index in [1.165, 1.54) is 62.8 Å². The van der Waals surface area contributed by atoms with E-state index < -0.39 is 15.1 Å². The molecule has 33 heavy (non-hydrogen) atoms.